The predicted octanol–water partition coefficient (Wildman–Crippen LogP) is 2.48. The number of carbonyl (C=O) groups excluding carboxylic acids is 1. The Morgan fingerprint density at radius 2 is 2.15 bits per heavy atom. The van der Waals surface area contributed by atoms with Crippen molar-refractivity contribution in [3.05, 3.63) is 59.4 Å². The molecule has 2 rings (SSSR count). The second-order valence-corrected chi connectivity index (χ2v) is 4.90. The van der Waals surface area contributed by atoms with Crippen molar-refractivity contribution < 1.29 is 4.79 Å². The van der Waals surface area contributed by atoms with E-state index in [0.717, 1.165) is 23.4 Å². The van der Waals surface area contributed by atoms with Gasteiger partial charge >= 0.3 is 0 Å². The molecule has 0 spiro atoms. The Morgan fingerprint density at radius 3 is 2.80 bits per heavy atom. The second-order valence-electron chi connectivity index (χ2n) is 4.90. The van der Waals surface area contributed by atoms with Gasteiger partial charge in [0.25, 0.3) is 0 Å². The third-order valence-electron chi connectivity index (χ3n) is 2.89. The molecule has 20 heavy (non-hydrogen) atoms. The van der Waals surface area contributed by atoms with Gasteiger partial charge in [-0.2, -0.15) is 5.10 Å². The topological polar surface area (TPSA) is 57.8 Å². The Bertz CT molecular complexity index is 587. The van der Waals surface area contributed by atoms with E-state index in [2.05, 4.69) is 15.5 Å². The molecule has 1 aromatic heterocycles. The van der Waals surface area contributed by atoms with Gasteiger partial charge in [0.2, 0.25) is 5.91 Å². The molecule has 104 valence electrons. The quantitative estimate of drug-likeness (QED) is 0.819. The first kappa shape index (κ1) is 14.1. The van der Waals surface area contributed by atoms with Gasteiger partial charge in [-0.1, -0.05) is 30.3 Å². The van der Waals surface area contributed by atoms with Crippen LogP contribution in [0.2, 0.25) is 0 Å². The minimum atomic E-state index is -0.0892. The van der Waals surface area contributed by atoms with Crippen LogP contribution in [0.5, 0.6) is 0 Å². The van der Waals surface area contributed by atoms with E-state index in [4.69, 9.17) is 0 Å². The van der Waals surface area contributed by atoms with Crippen LogP contribution in [0.1, 0.15) is 23.9 Å². The van der Waals surface area contributed by atoms with E-state index in [0.29, 0.717) is 0 Å². The molecule has 2 N–H and O–H groups in total. The van der Waals surface area contributed by atoms with Gasteiger partial charge < -0.3 is 5.32 Å². The van der Waals surface area contributed by atoms with E-state index in [1.54, 1.807) is 12.2 Å². The van der Waals surface area contributed by atoms with Gasteiger partial charge in [-0.3, -0.25) is 9.89 Å². The highest BCUT2D eigenvalue weighted by atomic mass is 16.1. The van der Waals surface area contributed by atoms with E-state index in [-0.39, 0.29) is 11.9 Å². The zero-order valence-electron chi connectivity index (χ0n) is 11.8. The van der Waals surface area contributed by atoms with Gasteiger partial charge in [0.1, 0.15) is 0 Å². The number of hydrogen-bond acceptors (Lipinski definition) is 2. The summed E-state index contributed by atoms with van der Waals surface area (Å²) in [6.45, 7) is 3.93. The molecule has 0 unspecified atom stereocenters. The molecular weight excluding hydrogens is 250 g/mol. The summed E-state index contributed by atoms with van der Waals surface area (Å²) in [5, 5.41) is 9.99. The fourth-order valence-electron chi connectivity index (χ4n) is 1.97. The van der Waals surface area contributed by atoms with Gasteiger partial charge in [-0.15, -0.1) is 0 Å². The summed E-state index contributed by atoms with van der Waals surface area (Å²) in [4.78, 5) is 11.8. The first-order chi connectivity index (χ1) is 9.63. The smallest absolute Gasteiger partial charge is 0.244 e. The minimum absolute atomic E-state index is 0.0469. The van der Waals surface area contributed by atoms with Crippen LogP contribution in [0.25, 0.3) is 6.08 Å². The summed E-state index contributed by atoms with van der Waals surface area (Å²) in [6, 6.07) is 11.8. The number of rotatable bonds is 5. The Kier molecular flexibility index (Phi) is 4.71. The summed E-state index contributed by atoms with van der Waals surface area (Å²) >= 11 is 0. The highest BCUT2D eigenvalue weighted by molar-refractivity contribution is 5.91. The number of nitrogens with one attached hydrogen (secondary N) is 2. The Hall–Kier alpha value is -2.36. The standard InChI is InChI=1S/C16H19N3O/c1-12(10-15-11-13(2)18-19-15)17-16(20)9-8-14-6-4-3-5-7-14/h3-9,11-12H,10H2,1-2H3,(H,17,20)(H,18,19)/b9-8+/t12-/m1/s1. The molecule has 1 atom stereocenters. The maximum atomic E-state index is 11.8. The van der Waals surface area contributed by atoms with Crippen LogP contribution < -0.4 is 5.32 Å². The van der Waals surface area contributed by atoms with Gasteiger partial charge in [0, 0.05) is 24.2 Å². The molecular formula is C16H19N3O. The zero-order chi connectivity index (χ0) is 14.4. The second kappa shape index (κ2) is 6.70. The van der Waals surface area contributed by atoms with Crippen LogP contribution in [0.4, 0.5) is 0 Å². The molecule has 2 aromatic rings. The number of hydrogen-bond donors (Lipinski definition) is 2. The van der Waals surface area contributed by atoms with Crippen LogP contribution in [0, 0.1) is 6.92 Å². The number of carbonyl (C=O) groups is 1. The lowest BCUT2D eigenvalue weighted by atomic mass is 10.1. The Labute approximate surface area is 118 Å². The van der Waals surface area contributed by atoms with E-state index < -0.39 is 0 Å². The number of H-pyrrole nitrogens is 1. The maximum absolute atomic E-state index is 11.8. The van der Waals surface area contributed by atoms with E-state index in [1.807, 2.05) is 50.2 Å². The number of benzene rings is 1. The van der Waals surface area contributed by atoms with Crippen LogP contribution in [0.3, 0.4) is 0 Å². The fourth-order valence-corrected chi connectivity index (χ4v) is 1.97. The summed E-state index contributed by atoms with van der Waals surface area (Å²) in [6.07, 6.45) is 4.08. The molecule has 0 bridgehead atoms. The van der Waals surface area contributed by atoms with Gasteiger partial charge in [-0.05, 0) is 31.6 Å². The zero-order valence-corrected chi connectivity index (χ0v) is 11.8. The highest BCUT2D eigenvalue weighted by Crippen LogP contribution is 2.03. The molecule has 1 aromatic carbocycles. The molecule has 1 heterocycles. The third kappa shape index (κ3) is 4.39. The average Bonchev–Trinajstić information content (AvgIpc) is 2.83. The van der Waals surface area contributed by atoms with Gasteiger partial charge in [0.05, 0.1) is 5.69 Å². The van der Waals surface area contributed by atoms with Crippen molar-refractivity contribution in [1.82, 2.24) is 15.5 Å². The molecule has 0 aliphatic rings. The molecule has 0 aliphatic carbocycles. The van der Waals surface area contributed by atoms with Crippen LogP contribution in [0.15, 0.2) is 42.5 Å². The fraction of sp³-hybridized carbons (Fsp3) is 0.250. The summed E-state index contributed by atoms with van der Waals surface area (Å²) in [7, 11) is 0. The number of nitrogens with zero attached hydrogens (tertiary/aromatic N) is 1. The Morgan fingerprint density at radius 1 is 1.40 bits per heavy atom. The summed E-state index contributed by atoms with van der Waals surface area (Å²) < 4.78 is 0. The molecule has 0 radical (unpaired) electrons. The molecule has 0 aliphatic heterocycles. The van der Waals surface area contributed by atoms with Crippen molar-refractivity contribution in [3.63, 3.8) is 0 Å². The van der Waals surface area contributed by atoms with Crippen molar-refractivity contribution in [3.8, 4) is 0 Å². The van der Waals surface area contributed by atoms with E-state index in [1.165, 1.54) is 0 Å². The molecule has 0 saturated heterocycles. The third-order valence-corrected chi connectivity index (χ3v) is 2.89. The summed E-state index contributed by atoms with van der Waals surface area (Å²) in [5.74, 6) is -0.0892. The number of aromatic amines is 1. The van der Waals surface area contributed by atoms with Crippen molar-refractivity contribution in [2.75, 3.05) is 0 Å². The number of aryl methyl sites for hydroxylation is 1. The minimum Gasteiger partial charge on any atom is -0.350 e. The van der Waals surface area contributed by atoms with E-state index >= 15 is 0 Å². The number of aromatic nitrogens is 2. The van der Waals surface area contributed by atoms with E-state index in [9.17, 15) is 4.79 Å². The largest absolute Gasteiger partial charge is 0.350 e. The van der Waals surface area contributed by atoms with Gasteiger partial charge in [0.15, 0.2) is 0 Å². The van der Waals surface area contributed by atoms with Gasteiger partial charge in [-0.25, -0.2) is 0 Å². The molecule has 4 nitrogen and oxygen atoms in total. The lowest BCUT2D eigenvalue weighted by Gasteiger charge is -2.10. The van der Waals surface area contributed by atoms with Crippen molar-refractivity contribution in [2.45, 2.75) is 26.3 Å². The highest BCUT2D eigenvalue weighted by Gasteiger charge is 2.07. The van der Waals surface area contributed by atoms with Crippen LogP contribution in [-0.2, 0) is 11.2 Å². The lowest BCUT2D eigenvalue weighted by Crippen LogP contribution is -2.32. The molecule has 0 fully saturated rings. The first-order valence-electron chi connectivity index (χ1n) is 6.68. The van der Waals surface area contributed by atoms with Crippen molar-refractivity contribution >= 4 is 12.0 Å². The number of amides is 1. The van der Waals surface area contributed by atoms with Crippen molar-refractivity contribution in [1.29, 1.82) is 0 Å². The molecule has 0 saturated carbocycles. The normalized spacial score (nSPS) is 12.5. The SMILES string of the molecule is Cc1cc(C[C@@H](C)NC(=O)/C=C/c2ccccc2)n[nH]1. The summed E-state index contributed by atoms with van der Waals surface area (Å²) in [5.41, 5.74) is 3.00. The van der Waals surface area contributed by atoms with Crippen molar-refractivity contribution in [2.24, 2.45) is 0 Å². The predicted molar refractivity (Wildman–Crippen MR) is 80.1 cm³/mol. The molecule has 1 amide bonds. The first-order valence-corrected chi connectivity index (χ1v) is 6.68. The lowest BCUT2D eigenvalue weighted by molar-refractivity contribution is -0.117. The Balaban J connectivity index is 1.83. The van der Waals surface area contributed by atoms with Crippen LogP contribution in [-0.4, -0.2) is 22.1 Å². The molecule has 4 heteroatoms. The average molecular weight is 269 g/mol. The maximum Gasteiger partial charge on any atom is 0.244 e. The monoisotopic (exact) mass is 269 g/mol. The van der Waals surface area contributed by atoms with Crippen LogP contribution >= 0.6 is 0 Å².